The first-order valence-corrected chi connectivity index (χ1v) is 22.0. The quantitative estimate of drug-likeness (QED) is 0.131. The summed E-state index contributed by atoms with van der Waals surface area (Å²) >= 11 is 0. The highest BCUT2D eigenvalue weighted by Crippen LogP contribution is 2.33. The molecule has 3 aliphatic heterocycles. The third-order valence-corrected chi connectivity index (χ3v) is 12.6. The third kappa shape index (κ3) is 8.89. The number of piperidine rings is 1. The van der Waals surface area contributed by atoms with Crippen LogP contribution in [0.25, 0.3) is 33.7 Å². The number of hydrogen-bond donors (Lipinski definition) is 3. The molecule has 0 saturated carbocycles. The molecule has 2 aromatic carbocycles. The second-order valence-electron chi connectivity index (χ2n) is 18.1. The van der Waals surface area contributed by atoms with E-state index in [-0.39, 0.29) is 41.9 Å². The van der Waals surface area contributed by atoms with E-state index in [0.717, 1.165) is 115 Å². The smallest absolute Gasteiger partial charge is 0.328 e. The Morgan fingerprint density at radius 2 is 1.69 bits per heavy atom. The van der Waals surface area contributed by atoms with E-state index in [2.05, 4.69) is 68.6 Å². The zero-order valence-corrected chi connectivity index (χ0v) is 36.8. The normalized spacial score (nSPS) is 17.2. The van der Waals surface area contributed by atoms with Crippen LogP contribution in [-0.4, -0.2) is 105 Å². The van der Waals surface area contributed by atoms with Crippen LogP contribution in [0.3, 0.4) is 0 Å². The number of benzene rings is 2. The van der Waals surface area contributed by atoms with Crippen LogP contribution in [0, 0.1) is 18.7 Å². The summed E-state index contributed by atoms with van der Waals surface area (Å²) < 4.78 is 20.4. The second kappa shape index (κ2) is 17.4. The largest absolute Gasteiger partial charge is 0.371 e. The van der Waals surface area contributed by atoms with Crippen LogP contribution in [0.5, 0.6) is 0 Å². The van der Waals surface area contributed by atoms with Gasteiger partial charge in [-0.1, -0.05) is 38.1 Å². The number of imide groups is 1. The molecule has 3 aliphatic rings. The average molecular weight is 869 g/mol. The number of fused-ring (bicyclic) bond motifs is 1. The van der Waals surface area contributed by atoms with Crippen LogP contribution in [0.2, 0.25) is 0 Å². The van der Waals surface area contributed by atoms with Crippen molar-refractivity contribution in [2.75, 3.05) is 67.1 Å². The molecule has 64 heavy (non-hydrogen) atoms. The minimum atomic E-state index is -0.585. The summed E-state index contributed by atoms with van der Waals surface area (Å²) in [6.45, 7) is 16.5. The van der Waals surface area contributed by atoms with Crippen LogP contribution in [0.15, 0.2) is 71.6 Å². The van der Waals surface area contributed by atoms with Gasteiger partial charge in [-0.05, 0) is 86.2 Å². The van der Waals surface area contributed by atoms with Crippen LogP contribution >= 0.6 is 0 Å². The lowest BCUT2D eigenvalue weighted by Gasteiger charge is -2.40. The molecule has 4 aromatic heterocycles. The first-order chi connectivity index (χ1) is 30.8. The Morgan fingerprint density at radius 1 is 0.922 bits per heavy atom. The molecule has 1 atom stereocenters. The fourth-order valence-corrected chi connectivity index (χ4v) is 8.94. The van der Waals surface area contributed by atoms with Gasteiger partial charge in [-0.3, -0.25) is 29.7 Å². The first-order valence-electron chi connectivity index (χ1n) is 22.0. The highest BCUT2D eigenvalue weighted by atomic mass is 19.1. The molecular formula is C47H53FN12O4. The van der Waals surface area contributed by atoms with E-state index in [0.29, 0.717) is 11.7 Å². The fraction of sp³-hybridized carbons (Fsp3) is 0.404. The van der Waals surface area contributed by atoms with E-state index >= 15 is 4.39 Å². The monoisotopic (exact) mass is 868 g/mol. The number of nitrogens with zero attached hydrogens (tertiary/aromatic N) is 9. The molecule has 16 nitrogen and oxygen atoms in total. The number of anilines is 3. The van der Waals surface area contributed by atoms with Gasteiger partial charge in [-0.2, -0.15) is 4.98 Å². The molecule has 3 N–H and O–H groups in total. The van der Waals surface area contributed by atoms with Gasteiger partial charge in [0.2, 0.25) is 5.91 Å². The first kappa shape index (κ1) is 42.5. The zero-order chi connectivity index (χ0) is 44.7. The maximum Gasteiger partial charge on any atom is 0.328 e. The van der Waals surface area contributed by atoms with E-state index < -0.39 is 17.8 Å². The summed E-state index contributed by atoms with van der Waals surface area (Å²) in [7, 11) is 0. The minimum Gasteiger partial charge on any atom is -0.371 e. The number of aryl methyl sites for hydroxylation is 1. The lowest BCUT2D eigenvalue weighted by molar-refractivity contribution is -0.120. The average Bonchev–Trinajstić information content (AvgIpc) is 3.97. The Morgan fingerprint density at radius 3 is 2.38 bits per heavy atom. The van der Waals surface area contributed by atoms with Gasteiger partial charge in [-0.15, -0.1) is 0 Å². The van der Waals surface area contributed by atoms with Gasteiger partial charge in [0.05, 0.1) is 40.7 Å². The molecule has 3 fully saturated rings. The number of hydrogen-bond acceptors (Lipinski definition) is 12. The summed E-state index contributed by atoms with van der Waals surface area (Å²) in [4.78, 5) is 66.9. The van der Waals surface area contributed by atoms with Crippen LogP contribution in [0.1, 0.15) is 80.6 Å². The number of H-pyrrole nitrogens is 1. The summed E-state index contributed by atoms with van der Waals surface area (Å²) in [5.74, 6) is -0.228. The molecule has 0 spiro atoms. The van der Waals surface area contributed by atoms with E-state index in [1.54, 1.807) is 12.4 Å². The van der Waals surface area contributed by atoms with Crippen molar-refractivity contribution in [1.29, 1.82) is 0 Å². The highest BCUT2D eigenvalue weighted by Gasteiger charge is 2.29. The second-order valence-corrected chi connectivity index (χ2v) is 18.1. The van der Waals surface area contributed by atoms with E-state index in [9.17, 15) is 14.4 Å². The molecule has 17 heteroatoms. The van der Waals surface area contributed by atoms with Crippen molar-refractivity contribution in [3.63, 3.8) is 0 Å². The van der Waals surface area contributed by atoms with Gasteiger partial charge < -0.3 is 24.6 Å². The summed E-state index contributed by atoms with van der Waals surface area (Å²) in [5.41, 5.74) is 7.85. The SMILES string of the molecule is Cc1cc(-c2ncnc3[nH]c(-c4ccc(N5CCN(CC6CCN(c7ccc(N8CCC(=O)NC8=O)c(F)c7)CC6)CC5)cn4)cc23)ccc1[C@@H](C)NC(=O)c1nc(C(C)(C)C)no1. The molecule has 0 bridgehead atoms. The Bertz CT molecular complexity index is 2690. The molecular weight excluding hydrogens is 816 g/mol. The van der Waals surface area contributed by atoms with Crippen LogP contribution in [-0.2, 0) is 10.2 Å². The van der Waals surface area contributed by atoms with Crippen molar-refractivity contribution < 1.29 is 23.3 Å². The van der Waals surface area contributed by atoms with Gasteiger partial charge in [-0.25, -0.2) is 19.2 Å². The predicted octanol–water partition coefficient (Wildman–Crippen LogP) is 6.79. The van der Waals surface area contributed by atoms with Crippen molar-refractivity contribution in [2.45, 2.75) is 65.3 Å². The molecule has 3 saturated heterocycles. The van der Waals surface area contributed by atoms with Crippen molar-refractivity contribution in [3.8, 4) is 22.6 Å². The zero-order valence-electron chi connectivity index (χ0n) is 36.8. The number of carbonyl (C=O) groups excluding carboxylic acids is 3. The van der Waals surface area contributed by atoms with E-state index in [1.165, 1.54) is 11.0 Å². The summed E-state index contributed by atoms with van der Waals surface area (Å²) in [6.07, 6.45) is 5.72. The van der Waals surface area contributed by atoms with Crippen molar-refractivity contribution in [2.24, 2.45) is 5.92 Å². The molecule has 6 aromatic rings. The Hall–Kier alpha value is -6.75. The van der Waals surface area contributed by atoms with Crippen molar-refractivity contribution in [1.82, 2.24) is 45.6 Å². The molecule has 332 valence electrons. The number of urea groups is 1. The molecule has 0 unspecified atom stereocenters. The van der Waals surface area contributed by atoms with Crippen molar-refractivity contribution >= 4 is 45.9 Å². The van der Waals surface area contributed by atoms with E-state index in [4.69, 9.17) is 9.51 Å². The number of nitrogens with one attached hydrogen (secondary N) is 3. The Labute approximate surface area is 370 Å². The topological polar surface area (TPSA) is 182 Å². The Balaban J connectivity index is 0.771. The van der Waals surface area contributed by atoms with Gasteiger partial charge in [0.1, 0.15) is 17.8 Å². The molecule has 9 rings (SSSR count). The highest BCUT2D eigenvalue weighted by molar-refractivity contribution is 6.05. The fourth-order valence-electron chi connectivity index (χ4n) is 8.94. The molecule has 0 aliphatic carbocycles. The molecule has 7 heterocycles. The number of halogens is 1. The number of aromatic nitrogens is 6. The third-order valence-electron chi connectivity index (χ3n) is 12.6. The number of rotatable bonds is 10. The lowest BCUT2D eigenvalue weighted by Crippen LogP contribution is -2.50. The van der Waals surface area contributed by atoms with Gasteiger partial charge in [0, 0.05) is 80.8 Å². The number of piperazine rings is 1. The maximum absolute atomic E-state index is 15.1. The van der Waals surface area contributed by atoms with Gasteiger partial charge in [0.15, 0.2) is 5.82 Å². The Kier molecular flexibility index (Phi) is 11.6. The summed E-state index contributed by atoms with van der Waals surface area (Å²) in [5, 5.41) is 10.1. The van der Waals surface area contributed by atoms with Gasteiger partial charge >= 0.3 is 17.8 Å². The van der Waals surface area contributed by atoms with Crippen LogP contribution in [0.4, 0.5) is 26.2 Å². The molecule has 0 radical (unpaired) electrons. The van der Waals surface area contributed by atoms with Crippen molar-refractivity contribution in [3.05, 3.63) is 95.8 Å². The number of carbonyl (C=O) groups is 3. The molecule has 4 amide bonds. The van der Waals surface area contributed by atoms with Crippen LogP contribution < -0.4 is 25.3 Å². The maximum atomic E-state index is 15.1. The predicted molar refractivity (Wildman–Crippen MR) is 242 cm³/mol. The van der Waals surface area contributed by atoms with E-state index in [1.807, 2.05) is 65.1 Å². The number of amides is 4. The van der Waals surface area contributed by atoms with Gasteiger partial charge in [0.25, 0.3) is 0 Å². The standard InChI is InChI=1S/C47H53FN12O4/c1-28-22-31(6-9-34(28)29(2)52-43(62)44-55-45(56-64-44)47(3,4)5)41-35-24-38(53-42(35)51-27-50-41)37-10-7-33(25-49-37)59-20-18-57(19-21-59)26-30-12-15-58(16-13-30)32-8-11-39(36(48)23-32)60-17-14-40(61)54-46(60)63/h6-11,22-25,27,29-30H,12-21,26H2,1-5H3,(H,52,62)(H,50,51,53)(H,54,61,63)/t29-/m1/s1. The minimum absolute atomic E-state index is 0.0576. The lowest BCUT2D eigenvalue weighted by atomic mass is 9.95. The summed E-state index contributed by atoms with van der Waals surface area (Å²) in [6, 6.07) is 16.4. The number of pyridine rings is 1. The number of aromatic amines is 1.